The summed E-state index contributed by atoms with van der Waals surface area (Å²) in [7, 11) is 0. The molecule has 1 aromatic heterocycles. The maximum Gasteiger partial charge on any atom is 0.335 e. The number of carboxylic acid groups (broad SMARTS) is 1. The first-order chi connectivity index (χ1) is 6.95. The molecule has 0 fully saturated rings. The number of aliphatic carboxylic acids is 1. The van der Waals surface area contributed by atoms with Crippen LogP contribution in [-0.4, -0.2) is 32.4 Å². The van der Waals surface area contributed by atoms with Gasteiger partial charge < -0.3 is 21.1 Å². The fourth-order valence-electron chi connectivity index (χ4n) is 1.11. The van der Waals surface area contributed by atoms with Gasteiger partial charge in [-0.25, -0.2) is 4.79 Å². The third kappa shape index (κ3) is 2.23. The number of nitrogen functional groups attached to an aromatic ring is 1. The van der Waals surface area contributed by atoms with Crippen molar-refractivity contribution in [1.82, 2.24) is 4.98 Å². The molecule has 0 aliphatic rings. The Kier molecular flexibility index (Phi) is 3.23. The molecule has 0 radical (unpaired) electrons. The zero-order valence-electron chi connectivity index (χ0n) is 8.08. The quantitative estimate of drug-likeness (QED) is 0.534. The first kappa shape index (κ1) is 11.4. The Morgan fingerprint density at radius 3 is 2.67 bits per heavy atom. The van der Waals surface area contributed by atoms with Gasteiger partial charge in [0.1, 0.15) is 6.10 Å². The van der Waals surface area contributed by atoms with E-state index >= 15 is 0 Å². The Labute approximate surface area is 86.0 Å². The molecule has 1 rings (SSSR count). The number of anilines is 1. The minimum Gasteiger partial charge on any atom is -0.479 e. The number of pyridine rings is 1. The van der Waals surface area contributed by atoms with Crippen molar-refractivity contribution in [2.75, 3.05) is 5.73 Å². The molecule has 0 amide bonds. The number of nitrogens with zero attached hydrogens (tertiary/aromatic N) is 1. The molecule has 15 heavy (non-hydrogen) atoms. The van der Waals surface area contributed by atoms with E-state index in [4.69, 9.17) is 15.9 Å². The van der Waals surface area contributed by atoms with Crippen molar-refractivity contribution in [1.29, 1.82) is 0 Å². The van der Waals surface area contributed by atoms with Gasteiger partial charge in [-0.2, -0.15) is 0 Å². The SMILES string of the molecule is Cc1ccnc(C(O)C(O)C(=O)O)c1N. The minimum absolute atomic E-state index is 0.0232. The molecule has 0 bridgehead atoms. The molecule has 6 heteroatoms. The topological polar surface area (TPSA) is 117 Å². The number of rotatable bonds is 3. The van der Waals surface area contributed by atoms with E-state index in [9.17, 15) is 9.90 Å². The van der Waals surface area contributed by atoms with Crippen LogP contribution >= 0.6 is 0 Å². The summed E-state index contributed by atoms with van der Waals surface area (Å²) in [6.07, 6.45) is -2.16. The molecule has 1 aromatic rings. The van der Waals surface area contributed by atoms with Gasteiger partial charge in [-0.05, 0) is 18.6 Å². The van der Waals surface area contributed by atoms with Crippen LogP contribution in [-0.2, 0) is 4.79 Å². The van der Waals surface area contributed by atoms with Crippen LogP contribution in [0.2, 0.25) is 0 Å². The smallest absolute Gasteiger partial charge is 0.335 e. The lowest BCUT2D eigenvalue weighted by atomic mass is 10.1. The highest BCUT2D eigenvalue weighted by Crippen LogP contribution is 2.23. The number of nitrogens with two attached hydrogens (primary N) is 1. The van der Waals surface area contributed by atoms with Gasteiger partial charge in [0.15, 0.2) is 6.10 Å². The van der Waals surface area contributed by atoms with Crippen LogP contribution < -0.4 is 5.73 Å². The van der Waals surface area contributed by atoms with Crippen molar-refractivity contribution in [2.45, 2.75) is 19.1 Å². The molecule has 2 atom stereocenters. The van der Waals surface area contributed by atoms with Gasteiger partial charge in [0.2, 0.25) is 0 Å². The van der Waals surface area contributed by atoms with Crippen molar-refractivity contribution in [3.8, 4) is 0 Å². The second-order valence-corrected chi connectivity index (χ2v) is 3.15. The van der Waals surface area contributed by atoms with Crippen LogP contribution in [0.3, 0.4) is 0 Å². The molecular weight excluding hydrogens is 200 g/mol. The molecule has 5 N–H and O–H groups in total. The standard InChI is InChI=1S/C9H12N2O4/c1-4-2-3-11-6(5(4)10)7(12)8(13)9(14)15/h2-3,7-8,12-13H,10H2,1H3,(H,14,15). The third-order valence-electron chi connectivity index (χ3n) is 2.07. The molecule has 6 nitrogen and oxygen atoms in total. The number of aliphatic hydroxyl groups is 2. The summed E-state index contributed by atoms with van der Waals surface area (Å²) < 4.78 is 0. The molecule has 0 saturated carbocycles. The molecule has 0 aliphatic carbocycles. The summed E-state index contributed by atoms with van der Waals surface area (Å²) in [5, 5.41) is 27.1. The maximum atomic E-state index is 10.4. The lowest BCUT2D eigenvalue weighted by Crippen LogP contribution is -2.28. The van der Waals surface area contributed by atoms with Crippen LogP contribution in [0, 0.1) is 6.92 Å². The number of aryl methyl sites for hydroxylation is 1. The number of hydrogen-bond donors (Lipinski definition) is 4. The van der Waals surface area contributed by atoms with Crippen LogP contribution in [0.15, 0.2) is 12.3 Å². The Hall–Kier alpha value is -1.66. The van der Waals surface area contributed by atoms with E-state index in [1.807, 2.05) is 0 Å². The Balaban J connectivity index is 3.06. The van der Waals surface area contributed by atoms with E-state index in [0.717, 1.165) is 0 Å². The van der Waals surface area contributed by atoms with E-state index in [-0.39, 0.29) is 11.4 Å². The van der Waals surface area contributed by atoms with Gasteiger partial charge in [0.05, 0.1) is 11.4 Å². The number of carboxylic acids is 1. The molecule has 0 aromatic carbocycles. The van der Waals surface area contributed by atoms with Gasteiger partial charge in [-0.1, -0.05) is 0 Å². The summed E-state index contributed by atoms with van der Waals surface area (Å²) in [6, 6.07) is 1.62. The van der Waals surface area contributed by atoms with Crippen LogP contribution in [0.5, 0.6) is 0 Å². The van der Waals surface area contributed by atoms with Gasteiger partial charge >= 0.3 is 5.97 Å². The molecule has 0 spiro atoms. The fourth-order valence-corrected chi connectivity index (χ4v) is 1.11. The molecular formula is C9H12N2O4. The minimum atomic E-state index is -1.93. The zero-order valence-corrected chi connectivity index (χ0v) is 8.08. The zero-order chi connectivity index (χ0) is 11.6. The van der Waals surface area contributed by atoms with Gasteiger partial charge in [-0.3, -0.25) is 4.98 Å². The summed E-state index contributed by atoms with van der Waals surface area (Å²) >= 11 is 0. The largest absolute Gasteiger partial charge is 0.479 e. The average Bonchev–Trinajstić information content (AvgIpc) is 2.20. The van der Waals surface area contributed by atoms with Crippen molar-refractivity contribution in [3.63, 3.8) is 0 Å². The van der Waals surface area contributed by atoms with E-state index in [2.05, 4.69) is 4.98 Å². The molecule has 0 aliphatic heterocycles. The summed E-state index contributed by atoms with van der Waals surface area (Å²) in [5.41, 5.74) is 6.42. The number of aromatic nitrogens is 1. The van der Waals surface area contributed by atoms with Gasteiger partial charge in [-0.15, -0.1) is 0 Å². The monoisotopic (exact) mass is 212 g/mol. The predicted octanol–water partition coefficient (Wildman–Crippen LogP) is -0.549. The second-order valence-electron chi connectivity index (χ2n) is 3.15. The number of hydrogen-bond acceptors (Lipinski definition) is 5. The lowest BCUT2D eigenvalue weighted by molar-refractivity contribution is -0.153. The highest BCUT2D eigenvalue weighted by molar-refractivity contribution is 5.73. The average molecular weight is 212 g/mol. The predicted molar refractivity (Wildman–Crippen MR) is 52.0 cm³/mol. The maximum absolute atomic E-state index is 10.4. The van der Waals surface area contributed by atoms with Gasteiger partial charge in [0.25, 0.3) is 0 Å². The van der Waals surface area contributed by atoms with Crippen molar-refractivity contribution in [2.24, 2.45) is 0 Å². The normalized spacial score (nSPS) is 14.6. The van der Waals surface area contributed by atoms with E-state index in [0.29, 0.717) is 5.56 Å². The number of carbonyl (C=O) groups is 1. The van der Waals surface area contributed by atoms with Crippen LogP contribution in [0.4, 0.5) is 5.69 Å². The van der Waals surface area contributed by atoms with Gasteiger partial charge in [0, 0.05) is 6.20 Å². The highest BCUT2D eigenvalue weighted by Gasteiger charge is 2.28. The lowest BCUT2D eigenvalue weighted by Gasteiger charge is -2.15. The first-order valence-corrected chi connectivity index (χ1v) is 4.25. The van der Waals surface area contributed by atoms with E-state index < -0.39 is 18.2 Å². The van der Waals surface area contributed by atoms with Crippen molar-refractivity contribution < 1.29 is 20.1 Å². The van der Waals surface area contributed by atoms with Crippen LogP contribution in [0.1, 0.15) is 17.4 Å². The Bertz CT molecular complexity index is 380. The van der Waals surface area contributed by atoms with E-state index in [1.165, 1.54) is 6.20 Å². The van der Waals surface area contributed by atoms with Crippen molar-refractivity contribution >= 4 is 11.7 Å². The molecule has 2 unspecified atom stereocenters. The number of aliphatic hydroxyl groups excluding tert-OH is 2. The first-order valence-electron chi connectivity index (χ1n) is 4.25. The molecule has 82 valence electrons. The van der Waals surface area contributed by atoms with E-state index in [1.54, 1.807) is 13.0 Å². The fraction of sp³-hybridized carbons (Fsp3) is 0.333. The third-order valence-corrected chi connectivity index (χ3v) is 2.07. The molecule has 0 saturated heterocycles. The summed E-state index contributed by atoms with van der Waals surface area (Å²) in [6.45, 7) is 1.69. The van der Waals surface area contributed by atoms with Crippen LogP contribution in [0.25, 0.3) is 0 Å². The summed E-state index contributed by atoms with van der Waals surface area (Å²) in [4.78, 5) is 14.2. The van der Waals surface area contributed by atoms with Crippen molar-refractivity contribution in [3.05, 3.63) is 23.5 Å². The summed E-state index contributed by atoms with van der Waals surface area (Å²) in [5.74, 6) is -1.52. The second kappa shape index (κ2) is 4.24. The Morgan fingerprint density at radius 2 is 2.13 bits per heavy atom. The highest BCUT2D eigenvalue weighted by atomic mass is 16.4. The molecule has 1 heterocycles. The Morgan fingerprint density at radius 1 is 1.53 bits per heavy atom.